The lowest BCUT2D eigenvalue weighted by Crippen LogP contribution is -2.38. The number of nitrogens with one attached hydrogen (secondary N) is 1. The number of thioether (sulfide) groups is 1. The van der Waals surface area contributed by atoms with E-state index in [1.54, 1.807) is 17.8 Å². The molecule has 0 amide bonds. The molecule has 0 saturated carbocycles. The van der Waals surface area contributed by atoms with Crippen LogP contribution in [0.3, 0.4) is 0 Å². The summed E-state index contributed by atoms with van der Waals surface area (Å²) in [5, 5.41) is 13.9. The molecule has 1 fully saturated rings. The zero-order valence-electron chi connectivity index (χ0n) is 11.5. The van der Waals surface area contributed by atoms with Gasteiger partial charge in [0.2, 0.25) is 0 Å². The van der Waals surface area contributed by atoms with Crippen LogP contribution < -0.4 is 5.32 Å². The highest BCUT2D eigenvalue weighted by Gasteiger charge is 2.13. The first-order chi connectivity index (χ1) is 10.2. The molecule has 1 aliphatic heterocycles. The van der Waals surface area contributed by atoms with E-state index in [2.05, 4.69) is 10.2 Å². The summed E-state index contributed by atoms with van der Waals surface area (Å²) in [6, 6.07) is 6.50. The summed E-state index contributed by atoms with van der Waals surface area (Å²) < 4.78 is 6.17. The Morgan fingerprint density at radius 1 is 1.48 bits per heavy atom. The molecule has 2 rings (SSSR count). The maximum absolute atomic E-state index is 10.7. The van der Waals surface area contributed by atoms with E-state index in [1.807, 2.05) is 6.07 Å². The lowest BCUT2D eigenvalue weighted by Gasteiger charge is -2.28. The average Bonchev–Trinajstić information content (AvgIpc) is 2.52. The molecule has 21 heavy (non-hydrogen) atoms. The lowest BCUT2D eigenvalue weighted by atomic mass is 10.3. The third-order valence-electron chi connectivity index (χ3n) is 2.98. The summed E-state index contributed by atoms with van der Waals surface area (Å²) in [5.74, 6) is 0.818. The van der Waals surface area contributed by atoms with Gasteiger partial charge in [-0.05, 0) is 6.07 Å². The van der Waals surface area contributed by atoms with E-state index in [4.69, 9.17) is 17.0 Å². The zero-order valence-corrected chi connectivity index (χ0v) is 13.1. The summed E-state index contributed by atoms with van der Waals surface area (Å²) in [5.41, 5.74) is 0.846. The second-order valence-corrected chi connectivity index (χ2v) is 6.18. The summed E-state index contributed by atoms with van der Waals surface area (Å²) in [4.78, 5) is 12.4. The van der Waals surface area contributed by atoms with Crippen molar-refractivity contribution in [3.8, 4) is 0 Å². The maximum Gasteiger partial charge on any atom is 0.271 e. The van der Waals surface area contributed by atoms with Crippen LogP contribution in [-0.2, 0) is 4.74 Å². The number of nitro benzene ring substituents is 1. The SMILES string of the molecule is O=[N+]([O-])c1cccc(NCCSC(=S)N2CCOCC2)c1. The van der Waals surface area contributed by atoms with Gasteiger partial charge in [-0.2, -0.15) is 0 Å². The Morgan fingerprint density at radius 2 is 2.24 bits per heavy atom. The highest BCUT2D eigenvalue weighted by molar-refractivity contribution is 8.22. The number of rotatable bonds is 5. The van der Waals surface area contributed by atoms with E-state index in [-0.39, 0.29) is 5.69 Å². The zero-order chi connectivity index (χ0) is 15.1. The van der Waals surface area contributed by atoms with Gasteiger partial charge in [0.05, 0.1) is 18.1 Å². The lowest BCUT2D eigenvalue weighted by molar-refractivity contribution is -0.384. The largest absolute Gasteiger partial charge is 0.384 e. The monoisotopic (exact) mass is 327 g/mol. The molecule has 0 aromatic heterocycles. The van der Waals surface area contributed by atoms with Gasteiger partial charge in [-0.15, -0.1) is 0 Å². The summed E-state index contributed by atoms with van der Waals surface area (Å²) >= 11 is 6.99. The van der Waals surface area contributed by atoms with Gasteiger partial charge in [0.25, 0.3) is 5.69 Å². The summed E-state index contributed by atoms with van der Waals surface area (Å²) in [6.07, 6.45) is 0. The van der Waals surface area contributed by atoms with E-state index >= 15 is 0 Å². The topological polar surface area (TPSA) is 67.6 Å². The number of hydrogen-bond donors (Lipinski definition) is 1. The van der Waals surface area contributed by atoms with Gasteiger partial charge in [-0.1, -0.05) is 30.0 Å². The molecule has 1 heterocycles. The molecule has 0 spiro atoms. The van der Waals surface area contributed by atoms with Crippen molar-refractivity contribution >= 4 is 39.7 Å². The van der Waals surface area contributed by atoms with Gasteiger partial charge < -0.3 is 15.0 Å². The molecule has 114 valence electrons. The van der Waals surface area contributed by atoms with Crippen molar-refractivity contribution < 1.29 is 9.66 Å². The van der Waals surface area contributed by atoms with Crippen molar-refractivity contribution in [1.82, 2.24) is 4.90 Å². The Labute approximate surface area is 133 Å². The molecule has 6 nitrogen and oxygen atoms in total. The minimum Gasteiger partial charge on any atom is -0.384 e. The molecule has 0 atom stereocenters. The molecular formula is C13H17N3O3S2. The highest BCUT2D eigenvalue weighted by atomic mass is 32.2. The van der Waals surface area contributed by atoms with E-state index in [0.717, 1.165) is 42.1 Å². The molecule has 1 saturated heterocycles. The molecule has 8 heteroatoms. The number of benzene rings is 1. The normalized spacial score (nSPS) is 14.8. The average molecular weight is 327 g/mol. The van der Waals surface area contributed by atoms with Crippen molar-refractivity contribution in [2.45, 2.75) is 0 Å². The first kappa shape index (κ1) is 16.0. The number of nitrogens with zero attached hydrogens (tertiary/aromatic N) is 2. The van der Waals surface area contributed by atoms with Gasteiger partial charge in [-0.25, -0.2) is 0 Å². The number of nitro groups is 1. The molecule has 1 aromatic rings. The Balaban J connectivity index is 1.70. The van der Waals surface area contributed by atoms with E-state index < -0.39 is 4.92 Å². The van der Waals surface area contributed by atoms with Gasteiger partial charge in [-0.3, -0.25) is 10.1 Å². The first-order valence-corrected chi connectivity index (χ1v) is 8.04. The fourth-order valence-electron chi connectivity index (χ4n) is 1.90. The van der Waals surface area contributed by atoms with Crippen molar-refractivity contribution in [2.24, 2.45) is 0 Å². The fourth-order valence-corrected chi connectivity index (χ4v) is 3.08. The minimum atomic E-state index is -0.395. The van der Waals surface area contributed by atoms with Crippen LogP contribution in [0, 0.1) is 10.1 Å². The Bertz CT molecular complexity index is 507. The van der Waals surface area contributed by atoms with Crippen LogP contribution in [0.4, 0.5) is 11.4 Å². The molecule has 0 aliphatic carbocycles. The van der Waals surface area contributed by atoms with E-state index in [0.29, 0.717) is 6.54 Å². The quantitative estimate of drug-likeness (QED) is 0.385. The highest BCUT2D eigenvalue weighted by Crippen LogP contribution is 2.17. The second kappa shape index (κ2) is 8.16. The Morgan fingerprint density at radius 3 is 2.95 bits per heavy atom. The first-order valence-electron chi connectivity index (χ1n) is 6.64. The molecule has 0 unspecified atom stereocenters. The molecule has 0 radical (unpaired) electrons. The fraction of sp³-hybridized carbons (Fsp3) is 0.462. The molecular weight excluding hydrogens is 310 g/mol. The number of ether oxygens (including phenoxy) is 1. The molecule has 0 bridgehead atoms. The van der Waals surface area contributed by atoms with Gasteiger partial charge in [0.15, 0.2) is 0 Å². The third-order valence-corrected chi connectivity index (χ3v) is 4.51. The number of anilines is 1. The maximum atomic E-state index is 10.7. The minimum absolute atomic E-state index is 0.0940. The van der Waals surface area contributed by atoms with Crippen molar-refractivity contribution in [1.29, 1.82) is 0 Å². The van der Waals surface area contributed by atoms with Gasteiger partial charge >= 0.3 is 0 Å². The van der Waals surface area contributed by atoms with Gasteiger partial charge in [0.1, 0.15) is 4.32 Å². The van der Waals surface area contributed by atoms with Crippen LogP contribution in [0.2, 0.25) is 0 Å². The van der Waals surface area contributed by atoms with Crippen LogP contribution in [-0.4, -0.2) is 52.7 Å². The third kappa shape index (κ3) is 5.14. The van der Waals surface area contributed by atoms with Gasteiger partial charge in [0, 0.05) is 43.2 Å². The van der Waals surface area contributed by atoms with Crippen molar-refractivity contribution in [3.63, 3.8) is 0 Å². The van der Waals surface area contributed by atoms with E-state index in [1.165, 1.54) is 12.1 Å². The smallest absolute Gasteiger partial charge is 0.271 e. The predicted molar refractivity (Wildman–Crippen MR) is 89.0 cm³/mol. The van der Waals surface area contributed by atoms with Crippen molar-refractivity contribution in [3.05, 3.63) is 34.4 Å². The number of non-ortho nitro benzene ring substituents is 1. The summed E-state index contributed by atoms with van der Waals surface area (Å²) in [7, 11) is 0. The van der Waals surface area contributed by atoms with Crippen molar-refractivity contribution in [2.75, 3.05) is 43.9 Å². The summed E-state index contributed by atoms with van der Waals surface area (Å²) in [6.45, 7) is 3.86. The number of hydrogen-bond acceptors (Lipinski definition) is 6. The van der Waals surface area contributed by atoms with Crippen LogP contribution in [0.5, 0.6) is 0 Å². The second-order valence-electron chi connectivity index (χ2n) is 4.45. The van der Waals surface area contributed by atoms with Crippen LogP contribution >= 0.6 is 24.0 Å². The Kier molecular flexibility index (Phi) is 6.21. The van der Waals surface area contributed by atoms with E-state index in [9.17, 15) is 10.1 Å². The van der Waals surface area contributed by atoms with Crippen LogP contribution in [0.15, 0.2) is 24.3 Å². The standard InChI is InChI=1S/C13H17N3O3S2/c17-16(18)12-3-1-2-11(10-12)14-4-9-21-13(20)15-5-7-19-8-6-15/h1-3,10,14H,4-9H2. The van der Waals surface area contributed by atoms with Crippen LogP contribution in [0.1, 0.15) is 0 Å². The molecule has 1 N–H and O–H groups in total. The van der Waals surface area contributed by atoms with Crippen LogP contribution in [0.25, 0.3) is 0 Å². The Hall–Kier alpha value is -1.38. The number of thiocarbonyl (C=S) groups is 1. The molecule has 1 aliphatic rings. The number of morpholine rings is 1. The molecule has 1 aromatic carbocycles. The predicted octanol–water partition coefficient (Wildman–Crippen LogP) is 2.36.